The zero-order valence-electron chi connectivity index (χ0n) is 15.3. The van der Waals surface area contributed by atoms with Gasteiger partial charge >= 0.3 is 11.9 Å². The van der Waals surface area contributed by atoms with Crippen molar-refractivity contribution in [2.45, 2.75) is 109 Å². The topological polar surface area (TPSA) is 52.6 Å². The molecule has 138 valence electrons. The summed E-state index contributed by atoms with van der Waals surface area (Å²) in [6, 6.07) is 0. The predicted molar refractivity (Wildman–Crippen MR) is 93.6 cm³/mol. The summed E-state index contributed by atoms with van der Waals surface area (Å²) in [4.78, 5) is 25.1. The van der Waals surface area contributed by atoms with Gasteiger partial charge in [-0.2, -0.15) is 0 Å². The third-order valence-corrected chi connectivity index (χ3v) is 5.34. The fraction of sp³-hybridized carbons (Fsp3) is 0.900. The fourth-order valence-electron chi connectivity index (χ4n) is 3.79. The molecule has 0 aromatic rings. The van der Waals surface area contributed by atoms with Gasteiger partial charge in [0.2, 0.25) is 0 Å². The fourth-order valence-corrected chi connectivity index (χ4v) is 3.79. The van der Waals surface area contributed by atoms with Gasteiger partial charge in [0, 0.05) is 0 Å². The van der Waals surface area contributed by atoms with Crippen LogP contribution in [0.3, 0.4) is 0 Å². The molecule has 0 unspecified atom stereocenters. The van der Waals surface area contributed by atoms with E-state index in [0.29, 0.717) is 6.42 Å². The van der Waals surface area contributed by atoms with Gasteiger partial charge < -0.3 is 9.47 Å². The monoisotopic (exact) mass is 338 g/mol. The van der Waals surface area contributed by atoms with Gasteiger partial charge in [-0.25, -0.2) is 0 Å². The highest BCUT2D eigenvalue weighted by molar-refractivity contribution is 5.95. The first-order chi connectivity index (χ1) is 11.7. The van der Waals surface area contributed by atoms with E-state index in [2.05, 4.69) is 6.92 Å². The van der Waals surface area contributed by atoms with Crippen molar-refractivity contribution in [2.75, 3.05) is 0 Å². The second-order valence-corrected chi connectivity index (χ2v) is 7.44. The van der Waals surface area contributed by atoms with E-state index in [0.717, 1.165) is 70.6 Å². The van der Waals surface area contributed by atoms with E-state index in [1.54, 1.807) is 0 Å². The van der Waals surface area contributed by atoms with Crippen LogP contribution >= 0.6 is 0 Å². The van der Waals surface area contributed by atoms with Crippen LogP contribution in [0.4, 0.5) is 0 Å². The average Bonchev–Trinajstić information content (AvgIpc) is 2.60. The van der Waals surface area contributed by atoms with Crippen molar-refractivity contribution in [1.29, 1.82) is 0 Å². The molecule has 4 heteroatoms. The van der Waals surface area contributed by atoms with Gasteiger partial charge in [-0.1, -0.05) is 39.0 Å². The molecule has 0 aromatic heterocycles. The van der Waals surface area contributed by atoms with E-state index in [4.69, 9.17) is 9.47 Å². The van der Waals surface area contributed by atoms with Crippen LogP contribution in [0.15, 0.2) is 0 Å². The number of carbonyl (C=O) groups excluding carboxylic acids is 2. The van der Waals surface area contributed by atoms with Crippen molar-refractivity contribution in [3.8, 4) is 0 Å². The molecule has 0 spiro atoms. The van der Waals surface area contributed by atoms with Crippen LogP contribution in [-0.2, 0) is 19.1 Å². The molecule has 2 aliphatic carbocycles. The molecule has 0 bridgehead atoms. The highest BCUT2D eigenvalue weighted by Crippen LogP contribution is 2.25. The Morgan fingerprint density at radius 1 is 0.792 bits per heavy atom. The molecule has 2 rings (SSSR count). The lowest BCUT2D eigenvalue weighted by atomic mass is 9.96. The quantitative estimate of drug-likeness (QED) is 0.357. The standard InChI is InChI=1S/C20H34O4/c1-2-3-6-15-18(19(21)23-16-11-7-4-8-12-16)20(22)24-17-13-9-5-10-14-17/h16-18H,2-15H2,1H3. The van der Waals surface area contributed by atoms with Crippen molar-refractivity contribution in [2.24, 2.45) is 5.92 Å². The minimum atomic E-state index is -0.722. The first-order valence-corrected chi connectivity index (χ1v) is 10.1. The maximum Gasteiger partial charge on any atom is 0.320 e. The number of unbranched alkanes of at least 4 members (excludes halogenated alkanes) is 2. The molecule has 0 heterocycles. The second kappa shape index (κ2) is 10.7. The number of esters is 2. The Hall–Kier alpha value is -1.06. The Kier molecular flexibility index (Phi) is 8.62. The normalized spacial score (nSPS) is 20.1. The smallest absolute Gasteiger partial charge is 0.320 e. The van der Waals surface area contributed by atoms with Crippen molar-refractivity contribution in [1.82, 2.24) is 0 Å². The average molecular weight is 338 g/mol. The van der Waals surface area contributed by atoms with Crippen LogP contribution in [0, 0.1) is 5.92 Å². The lowest BCUT2D eigenvalue weighted by Gasteiger charge is -2.26. The maximum atomic E-state index is 12.6. The zero-order chi connectivity index (χ0) is 17.2. The summed E-state index contributed by atoms with van der Waals surface area (Å²) in [7, 11) is 0. The van der Waals surface area contributed by atoms with Gasteiger partial charge in [0.1, 0.15) is 12.2 Å². The first-order valence-electron chi connectivity index (χ1n) is 10.1. The van der Waals surface area contributed by atoms with E-state index in [1.165, 1.54) is 12.8 Å². The third kappa shape index (κ3) is 6.45. The molecular formula is C20H34O4. The van der Waals surface area contributed by atoms with Gasteiger partial charge in [-0.3, -0.25) is 9.59 Å². The van der Waals surface area contributed by atoms with E-state index in [9.17, 15) is 9.59 Å². The molecule has 4 nitrogen and oxygen atoms in total. The molecule has 2 saturated carbocycles. The summed E-state index contributed by atoms with van der Waals surface area (Å²) in [5.41, 5.74) is 0. The number of hydrogen-bond acceptors (Lipinski definition) is 4. The van der Waals surface area contributed by atoms with Crippen molar-refractivity contribution >= 4 is 11.9 Å². The van der Waals surface area contributed by atoms with Gasteiger partial charge in [0.15, 0.2) is 5.92 Å². The molecule has 24 heavy (non-hydrogen) atoms. The van der Waals surface area contributed by atoms with E-state index in [-0.39, 0.29) is 24.1 Å². The van der Waals surface area contributed by atoms with Crippen molar-refractivity contribution in [3.05, 3.63) is 0 Å². The molecule has 0 radical (unpaired) electrons. The molecule has 0 aromatic carbocycles. The highest BCUT2D eigenvalue weighted by Gasteiger charge is 2.33. The Bertz CT molecular complexity index is 349. The minimum absolute atomic E-state index is 0.00223. The van der Waals surface area contributed by atoms with Crippen LogP contribution < -0.4 is 0 Å². The highest BCUT2D eigenvalue weighted by atomic mass is 16.6. The van der Waals surface area contributed by atoms with Gasteiger partial charge in [0.05, 0.1) is 0 Å². The molecule has 0 saturated heterocycles. The van der Waals surface area contributed by atoms with E-state index >= 15 is 0 Å². The summed E-state index contributed by atoms with van der Waals surface area (Å²) >= 11 is 0. The number of ether oxygens (including phenoxy) is 2. The Labute approximate surface area is 146 Å². The number of hydrogen-bond donors (Lipinski definition) is 0. The van der Waals surface area contributed by atoms with Crippen LogP contribution in [0.5, 0.6) is 0 Å². The first kappa shape index (κ1) is 19.3. The summed E-state index contributed by atoms with van der Waals surface area (Å²) in [5, 5.41) is 0. The summed E-state index contributed by atoms with van der Waals surface area (Å²) in [5.74, 6) is -1.42. The summed E-state index contributed by atoms with van der Waals surface area (Å²) in [6.45, 7) is 2.12. The molecule has 0 N–H and O–H groups in total. The SMILES string of the molecule is CCCCCC(C(=O)OC1CCCCC1)C(=O)OC1CCCCC1. The Balaban J connectivity index is 1.88. The lowest BCUT2D eigenvalue weighted by molar-refractivity contribution is -0.170. The molecule has 0 amide bonds. The number of rotatable bonds is 8. The number of carbonyl (C=O) groups is 2. The largest absolute Gasteiger partial charge is 0.462 e. The van der Waals surface area contributed by atoms with Crippen LogP contribution in [0.2, 0.25) is 0 Å². The second-order valence-electron chi connectivity index (χ2n) is 7.44. The summed E-state index contributed by atoms with van der Waals surface area (Å²) in [6.07, 6.45) is 14.2. The van der Waals surface area contributed by atoms with Gasteiger partial charge in [0.25, 0.3) is 0 Å². The molecule has 0 atom stereocenters. The van der Waals surface area contributed by atoms with E-state index in [1.807, 2.05) is 0 Å². The Morgan fingerprint density at radius 2 is 1.25 bits per heavy atom. The Morgan fingerprint density at radius 3 is 1.67 bits per heavy atom. The summed E-state index contributed by atoms with van der Waals surface area (Å²) < 4.78 is 11.3. The minimum Gasteiger partial charge on any atom is -0.462 e. The van der Waals surface area contributed by atoms with Gasteiger partial charge in [-0.15, -0.1) is 0 Å². The third-order valence-electron chi connectivity index (χ3n) is 5.34. The van der Waals surface area contributed by atoms with Crippen molar-refractivity contribution < 1.29 is 19.1 Å². The maximum absolute atomic E-state index is 12.6. The molecule has 2 aliphatic rings. The zero-order valence-corrected chi connectivity index (χ0v) is 15.3. The molecular weight excluding hydrogens is 304 g/mol. The van der Waals surface area contributed by atoms with Crippen LogP contribution in [0.1, 0.15) is 96.8 Å². The van der Waals surface area contributed by atoms with Crippen LogP contribution in [-0.4, -0.2) is 24.1 Å². The lowest BCUT2D eigenvalue weighted by Crippen LogP contribution is -2.34. The van der Waals surface area contributed by atoms with E-state index < -0.39 is 5.92 Å². The molecule has 0 aliphatic heterocycles. The predicted octanol–water partition coefficient (Wildman–Crippen LogP) is 4.93. The molecule has 2 fully saturated rings. The van der Waals surface area contributed by atoms with Gasteiger partial charge in [-0.05, 0) is 57.8 Å². The van der Waals surface area contributed by atoms with Crippen LogP contribution in [0.25, 0.3) is 0 Å². The van der Waals surface area contributed by atoms with Crippen molar-refractivity contribution in [3.63, 3.8) is 0 Å².